The number of anilines is 1. The van der Waals surface area contributed by atoms with Crippen molar-refractivity contribution in [1.82, 2.24) is 10.1 Å². The Kier molecular flexibility index (Phi) is 7.60. The molecular formula is C24H29F2N3O2. The molecule has 1 heterocycles. The molecule has 31 heavy (non-hydrogen) atoms. The van der Waals surface area contributed by atoms with Crippen LogP contribution in [0.5, 0.6) is 5.75 Å². The van der Waals surface area contributed by atoms with Crippen molar-refractivity contribution in [2.75, 3.05) is 11.9 Å². The molecule has 0 fully saturated rings. The molecule has 7 heteroatoms. The van der Waals surface area contributed by atoms with Gasteiger partial charge in [-0.3, -0.25) is 0 Å². The summed E-state index contributed by atoms with van der Waals surface area (Å²) >= 11 is 0. The Morgan fingerprint density at radius 3 is 2.45 bits per heavy atom. The van der Waals surface area contributed by atoms with E-state index in [1.165, 1.54) is 0 Å². The zero-order valence-electron chi connectivity index (χ0n) is 18.2. The second-order valence-corrected chi connectivity index (χ2v) is 8.49. The molecule has 1 aromatic heterocycles. The van der Waals surface area contributed by atoms with Crippen molar-refractivity contribution in [2.24, 2.45) is 0 Å². The maximum absolute atomic E-state index is 12.3. The number of hydrogen-bond acceptors (Lipinski definition) is 5. The summed E-state index contributed by atoms with van der Waals surface area (Å²) in [5.74, 6) is 1.61. The van der Waals surface area contributed by atoms with Crippen molar-refractivity contribution in [3.63, 3.8) is 0 Å². The molecule has 166 valence electrons. The molecule has 0 aliphatic heterocycles. The van der Waals surface area contributed by atoms with Crippen molar-refractivity contribution >= 4 is 5.69 Å². The van der Waals surface area contributed by atoms with Crippen LogP contribution in [0.25, 0.3) is 11.1 Å². The smallest absolute Gasteiger partial charge is 0.387 e. The van der Waals surface area contributed by atoms with E-state index in [0.717, 1.165) is 54.9 Å². The van der Waals surface area contributed by atoms with E-state index < -0.39 is 6.61 Å². The summed E-state index contributed by atoms with van der Waals surface area (Å²) in [6.45, 7) is 4.22. The number of benzene rings is 2. The largest absolute Gasteiger partial charge is 0.435 e. The highest BCUT2D eigenvalue weighted by molar-refractivity contribution is 5.68. The van der Waals surface area contributed by atoms with E-state index >= 15 is 0 Å². The van der Waals surface area contributed by atoms with Gasteiger partial charge < -0.3 is 14.6 Å². The quantitative estimate of drug-likeness (QED) is 0.375. The van der Waals surface area contributed by atoms with Crippen LogP contribution in [0.3, 0.4) is 0 Å². The second-order valence-electron chi connectivity index (χ2n) is 8.49. The summed E-state index contributed by atoms with van der Waals surface area (Å²) in [5.41, 5.74) is 2.87. The maximum atomic E-state index is 12.3. The fourth-order valence-electron chi connectivity index (χ4n) is 3.12. The minimum absolute atomic E-state index is 0.120. The Labute approximate surface area is 181 Å². The third kappa shape index (κ3) is 7.05. The molecule has 3 aromatic rings. The SMILES string of the molecule is CC(C)(C)c1nc(CCCCCNc2cccc(-c3ccc(OC(F)F)cc3)c2)no1. The van der Waals surface area contributed by atoms with E-state index in [-0.39, 0.29) is 11.2 Å². The van der Waals surface area contributed by atoms with Crippen LogP contribution in [0.4, 0.5) is 14.5 Å². The first-order valence-electron chi connectivity index (χ1n) is 10.5. The van der Waals surface area contributed by atoms with Crippen LogP contribution in [0, 0.1) is 0 Å². The van der Waals surface area contributed by atoms with Gasteiger partial charge in [0.05, 0.1) is 0 Å². The van der Waals surface area contributed by atoms with Gasteiger partial charge in [0.2, 0.25) is 5.89 Å². The number of unbranched alkanes of at least 4 members (excludes halogenated alkanes) is 2. The molecular weight excluding hydrogens is 400 g/mol. The van der Waals surface area contributed by atoms with Gasteiger partial charge in [0.25, 0.3) is 0 Å². The molecule has 0 bridgehead atoms. The van der Waals surface area contributed by atoms with E-state index in [1.807, 2.05) is 18.2 Å². The summed E-state index contributed by atoms with van der Waals surface area (Å²) in [6, 6.07) is 14.7. The van der Waals surface area contributed by atoms with Crippen molar-refractivity contribution in [1.29, 1.82) is 0 Å². The predicted octanol–water partition coefficient (Wildman–Crippen LogP) is 6.46. The average molecular weight is 430 g/mol. The lowest BCUT2D eigenvalue weighted by Crippen LogP contribution is -2.11. The summed E-state index contributed by atoms with van der Waals surface area (Å²) < 4.78 is 34.3. The molecule has 0 radical (unpaired) electrons. The molecule has 0 unspecified atom stereocenters. The van der Waals surface area contributed by atoms with Crippen LogP contribution >= 0.6 is 0 Å². The molecule has 5 nitrogen and oxygen atoms in total. The number of hydrogen-bond donors (Lipinski definition) is 1. The Morgan fingerprint density at radius 1 is 1.00 bits per heavy atom. The molecule has 0 atom stereocenters. The molecule has 0 saturated carbocycles. The molecule has 0 saturated heterocycles. The van der Waals surface area contributed by atoms with Gasteiger partial charge in [-0.05, 0) is 48.2 Å². The molecule has 2 aromatic carbocycles. The van der Waals surface area contributed by atoms with E-state index in [1.54, 1.807) is 24.3 Å². The maximum Gasteiger partial charge on any atom is 0.387 e. The van der Waals surface area contributed by atoms with E-state index in [9.17, 15) is 8.78 Å². The summed E-state index contributed by atoms with van der Waals surface area (Å²) in [4.78, 5) is 4.47. The van der Waals surface area contributed by atoms with E-state index in [0.29, 0.717) is 5.89 Å². The molecule has 0 aliphatic carbocycles. The zero-order valence-corrected chi connectivity index (χ0v) is 18.2. The van der Waals surface area contributed by atoms with Gasteiger partial charge in [-0.2, -0.15) is 13.8 Å². The second kappa shape index (κ2) is 10.4. The van der Waals surface area contributed by atoms with Crippen molar-refractivity contribution in [3.8, 4) is 16.9 Å². The average Bonchev–Trinajstić information content (AvgIpc) is 3.20. The van der Waals surface area contributed by atoms with Crippen molar-refractivity contribution in [2.45, 2.75) is 58.5 Å². The standard InChI is InChI=1S/C24H29F2N3O2/c1-24(2,3)22-28-21(29-31-22)10-5-4-6-15-27-19-9-7-8-18(16-19)17-11-13-20(14-12-17)30-23(25)26/h7-9,11-14,16,23,27H,4-6,10,15H2,1-3H3. The first kappa shape index (κ1) is 22.7. The number of aryl methyl sites for hydroxylation is 1. The summed E-state index contributed by atoms with van der Waals surface area (Å²) in [6.07, 6.45) is 3.93. The lowest BCUT2D eigenvalue weighted by molar-refractivity contribution is -0.0498. The van der Waals surface area contributed by atoms with Crippen LogP contribution in [0.2, 0.25) is 0 Å². The fourth-order valence-corrected chi connectivity index (χ4v) is 3.12. The van der Waals surface area contributed by atoms with Gasteiger partial charge in [0, 0.05) is 24.1 Å². The number of nitrogens with zero attached hydrogens (tertiary/aromatic N) is 2. The van der Waals surface area contributed by atoms with Gasteiger partial charge >= 0.3 is 6.61 Å². The zero-order chi connectivity index (χ0) is 22.3. The first-order valence-corrected chi connectivity index (χ1v) is 10.5. The molecule has 0 spiro atoms. The number of aromatic nitrogens is 2. The Morgan fingerprint density at radius 2 is 1.77 bits per heavy atom. The lowest BCUT2D eigenvalue weighted by atomic mass is 9.97. The summed E-state index contributed by atoms with van der Waals surface area (Å²) in [7, 11) is 0. The van der Waals surface area contributed by atoms with Crippen LogP contribution in [-0.4, -0.2) is 23.3 Å². The number of halogens is 2. The van der Waals surface area contributed by atoms with Gasteiger partial charge in [-0.1, -0.05) is 56.6 Å². The Balaban J connectivity index is 1.41. The minimum Gasteiger partial charge on any atom is -0.435 e. The van der Waals surface area contributed by atoms with Crippen molar-refractivity contribution < 1.29 is 18.0 Å². The Bertz CT molecular complexity index is 950. The topological polar surface area (TPSA) is 60.2 Å². The highest BCUT2D eigenvalue weighted by atomic mass is 19.3. The number of alkyl halides is 2. The molecule has 1 N–H and O–H groups in total. The minimum atomic E-state index is -2.81. The first-order chi connectivity index (χ1) is 14.8. The van der Waals surface area contributed by atoms with Gasteiger partial charge in [0.15, 0.2) is 5.82 Å². The highest BCUT2D eigenvalue weighted by Crippen LogP contribution is 2.25. The molecule has 3 rings (SSSR count). The lowest BCUT2D eigenvalue weighted by Gasteiger charge is -2.10. The monoisotopic (exact) mass is 429 g/mol. The molecule has 0 amide bonds. The summed E-state index contributed by atoms with van der Waals surface area (Å²) in [5, 5.41) is 7.50. The van der Waals surface area contributed by atoms with Gasteiger partial charge in [-0.25, -0.2) is 0 Å². The van der Waals surface area contributed by atoms with Crippen LogP contribution in [0.15, 0.2) is 53.1 Å². The normalized spacial score (nSPS) is 11.7. The number of rotatable bonds is 10. The predicted molar refractivity (Wildman–Crippen MR) is 118 cm³/mol. The Hall–Kier alpha value is -2.96. The van der Waals surface area contributed by atoms with Crippen LogP contribution in [-0.2, 0) is 11.8 Å². The van der Waals surface area contributed by atoms with Crippen molar-refractivity contribution in [3.05, 3.63) is 60.2 Å². The van der Waals surface area contributed by atoms with Gasteiger partial charge in [-0.15, -0.1) is 0 Å². The highest BCUT2D eigenvalue weighted by Gasteiger charge is 2.21. The number of nitrogens with one attached hydrogen (secondary N) is 1. The molecule has 0 aliphatic rings. The van der Waals surface area contributed by atoms with E-state index in [2.05, 4.69) is 47.0 Å². The number of ether oxygens (including phenoxy) is 1. The third-order valence-corrected chi connectivity index (χ3v) is 4.79. The van der Waals surface area contributed by atoms with Gasteiger partial charge in [0.1, 0.15) is 5.75 Å². The van der Waals surface area contributed by atoms with Crippen LogP contribution in [0.1, 0.15) is 51.7 Å². The fraction of sp³-hybridized carbons (Fsp3) is 0.417. The third-order valence-electron chi connectivity index (χ3n) is 4.79. The van der Waals surface area contributed by atoms with E-state index in [4.69, 9.17) is 4.52 Å². The van der Waals surface area contributed by atoms with Crippen LogP contribution < -0.4 is 10.1 Å².